The first-order chi connectivity index (χ1) is 13.9. The predicted molar refractivity (Wildman–Crippen MR) is 115 cm³/mol. The minimum atomic E-state index is -1.47. The van der Waals surface area contributed by atoms with E-state index in [1.807, 2.05) is 6.07 Å². The molecule has 3 N–H and O–H groups in total. The first kappa shape index (κ1) is 22.0. The first-order valence-corrected chi connectivity index (χ1v) is 11.1. The Bertz CT molecular complexity index is 734. The number of carboxylic acids is 1. The molecule has 7 heteroatoms. The largest absolute Gasteiger partial charge is 0.484 e. The monoisotopic (exact) mass is 424 g/mol. The summed E-state index contributed by atoms with van der Waals surface area (Å²) in [4.78, 5) is 14.1. The Balaban J connectivity index is 1.67. The van der Waals surface area contributed by atoms with Gasteiger partial charge in [-0.15, -0.1) is 0 Å². The molecule has 1 unspecified atom stereocenters. The number of benzene rings is 1. The number of carbonyl (C=O) groups is 1. The van der Waals surface area contributed by atoms with Gasteiger partial charge in [0, 0.05) is 5.56 Å². The van der Waals surface area contributed by atoms with Crippen LogP contribution >= 0.6 is 11.6 Å². The van der Waals surface area contributed by atoms with Gasteiger partial charge in [0.15, 0.2) is 11.5 Å². The minimum absolute atomic E-state index is 0.0555. The summed E-state index contributed by atoms with van der Waals surface area (Å²) in [6.45, 7) is 6.92. The van der Waals surface area contributed by atoms with Crippen molar-refractivity contribution in [1.82, 2.24) is 4.90 Å². The second-order valence-electron chi connectivity index (χ2n) is 8.48. The van der Waals surface area contributed by atoms with Gasteiger partial charge in [0.1, 0.15) is 6.61 Å². The summed E-state index contributed by atoms with van der Waals surface area (Å²) in [6.07, 6.45) is 8.53. The van der Waals surface area contributed by atoms with Crippen molar-refractivity contribution in [3.63, 3.8) is 0 Å². The summed E-state index contributed by atoms with van der Waals surface area (Å²) >= 11 is 6.36. The van der Waals surface area contributed by atoms with Crippen molar-refractivity contribution >= 4 is 23.3 Å². The van der Waals surface area contributed by atoms with Gasteiger partial charge in [0.05, 0.1) is 10.7 Å². The van der Waals surface area contributed by atoms with Crippen LogP contribution in [0.4, 0.5) is 5.69 Å². The van der Waals surface area contributed by atoms with E-state index in [0.717, 1.165) is 38.0 Å². The second kappa shape index (κ2) is 9.43. The fraction of sp³-hybridized carbons (Fsp3) is 0.682. The Labute approximate surface area is 178 Å². The standard InChI is InChI=1S/C22H33ClN2O4/c1-3-4-5-6-7-10-25-11-8-15(9-12-25)16-13-17(23)18(24)20-19(16)28-14-22(2,29-20)21(26)27/h13,15H,3-12,14,24H2,1-2H3,(H,26,27). The number of fused-ring (bicyclic) bond motifs is 1. The maximum Gasteiger partial charge on any atom is 0.351 e. The Morgan fingerprint density at radius 1 is 1.28 bits per heavy atom. The van der Waals surface area contributed by atoms with E-state index in [9.17, 15) is 9.90 Å². The molecule has 1 fully saturated rings. The lowest BCUT2D eigenvalue weighted by molar-refractivity contribution is -0.158. The van der Waals surface area contributed by atoms with Gasteiger partial charge in [-0.2, -0.15) is 0 Å². The molecule has 0 spiro atoms. The number of nitrogens with two attached hydrogens (primary N) is 1. The van der Waals surface area contributed by atoms with Crippen LogP contribution in [0.15, 0.2) is 6.07 Å². The topological polar surface area (TPSA) is 85.0 Å². The molecule has 2 heterocycles. The highest BCUT2D eigenvalue weighted by molar-refractivity contribution is 6.33. The van der Waals surface area contributed by atoms with Gasteiger partial charge in [-0.3, -0.25) is 0 Å². The number of ether oxygens (including phenoxy) is 2. The highest BCUT2D eigenvalue weighted by atomic mass is 35.5. The van der Waals surface area contributed by atoms with Crippen molar-refractivity contribution in [1.29, 1.82) is 0 Å². The molecular formula is C22H33ClN2O4. The average molecular weight is 425 g/mol. The molecule has 162 valence electrons. The molecule has 3 rings (SSSR count). The summed E-state index contributed by atoms with van der Waals surface area (Å²) < 4.78 is 11.7. The number of nitrogen functional groups attached to an aromatic ring is 1. The summed E-state index contributed by atoms with van der Waals surface area (Å²) in [7, 11) is 0. The molecule has 6 nitrogen and oxygen atoms in total. The number of hydrogen-bond donors (Lipinski definition) is 2. The number of unbranched alkanes of at least 4 members (excludes halogenated alkanes) is 4. The van der Waals surface area contributed by atoms with Crippen molar-refractivity contribution in [2.75, 3.05) is 32.0 Å². The average Bonchev–Trinajstić information content (AvgIpc) is 2.71. The molecule has 2 aliphatic heterocycles. The van der Waals surface area contributed by atoms with Crippen LogP contribution in [0.3, 0.4) is 0 Å². The number of aliphatic carboxylic acids is 1. The third-order valence-corrected chi connectivity index (χ3v) is 6.44. The van der Waals surface area contributed by atoms with Gasteiger partial charge in [-0.25, -0.2) is 4.79 Å². The normalized spacial score (nSPS) is 22.6. The highest BCUT2D eigenvalue weighted by Crippen LogP contribution is 2.49. The van der Waals surface area contributed by atoms with Crippen molar-refractivity contribution in [3.8, 4) is 11.5 Å². The quantitative estimate of drug-likeness (QED) is 0.465. The number of piperidine rings is 1. The number of nitrogens with zero attached hydrogens (tertiary/aromatic N) is 1. The van der Waals surface area contributed by atoms with Gasteiger partial charge in [-0.05, 0) is 57.8 Å². The van der Waals surface area contributed by atoms with Crippen molar-refractivity contribution in [2.24, 2.45) is 0 Å². The second-order valence-corrected chi connectivity index (χ2v) is 8.88. The van der Waals surface area contributed by atoms with E-state index >= 15 is 0 Å². The number of hydrogen-bond acceptors (Lipinski definition) is 5. The van der Waals surface area contributed by atoms with Crippen molar-refractivity contribution in [2.45, 2.75) is 70.3 Å². The zero-order valence-electron chi connectivity index (χ0n) is 17.5. The van der Waals surface area contributed by atoms with E-state index in [-0.39, 0.29) is 18.0 Å². The molecule has 1 aromatic rings. The van der Waals surface area contributed by atoms with Crippen LogP contribution in [0.2, 0.25) is 5.02 Å². The lowest BCUT2D eigenvalue weighted by Gasteiger charge is -2.37. The van der Waals surface area contributed by atoms with Gasteiger partial charge in [-0.1, -0.05) is 44.2 Å². The zero-order chi connectivity index (χ0) is 21.0. The SMILES string of the molecule is CCCCCCCN1CCC(c2cc(Cl)c(N)c3c2OCC(C)(C(=O)O)O3)CC1. The minimum Gasteiger partial charge on any atom is -0.484 e. The molecule has 2 aliphatic rings. The molecular weight excluding hydrogens is 392 g/mol. The van der Waals surface area contributed by atoms with Crippen LogP contribution in [0.25, 0.3) is 0 Å². The zero-order valence-corrected chi connectivity index (χ0v) is 18.3. The van der Waals surface area contributed by atoms with E-state index < -0.39 is 11.6 Å². The van der Waals surface area contributed by atoms with Gasteiger partial charge in [0.2, 0.25) is 5.60 Å². The van der Waals surface area contributed by atoms with Gasteiger partial charge in [0.25, 0.3) is 0 Å². The maximum atomic E-state index is 11.6. The molecule has 0 amide bonds. The van der Waals surface area contributed by atoms with Crippen molar-refractivity contribution in [3.05, 3.63) is 16.7 Å². The molecule has 1 atom stereocenters. The van der Waals surface area contributed by atoms with Crippen LogP contribution in [0, 0.1) is 0 Å². The highest BCUT2D eigenvalue weighted by Gasteiger charge is 2.43. The van der Waals surface area contributed by atoms with E-state index in [2.05, 4.69) is 11.8 Å². The predicted octanol–water partition coefficient (Wildman–Crippen LogP) is 4.69. The Hall–Kier alpha value is -1.66. The molecule has 1 aromatic carbocycles. The Morgan fingerprint density at radius 2 is 1.97 bits per heavy atom. The number of rotatable bonds is 8. The van der Waals surface area contributed by atoms with E-state index in [0.29, 0.717) is 16.7 Å². The number of carboxylic acid groups (broad SMARTS) is 1. The first-order valence-electron chi connectivity index (χ1n) is 10.7. The summed E-state index contributed by atoms with van der Waals surface area (Å²) in [5.41, 5.74) is 5.85. The van der Waals surface area contributed by atoms with Crippen LogP contribution in [-0.4, -0.2) is 47.8 Å². The summed E-state index contributed by atoms with van der Waals surface area (Å²) in [6, 6.07) is 1.87. The fourth-order valence-corrected chi connectivity index (χ4v) is 4.38. The molecule has 29 heavy (non-hydrogen) atoms. The maximum absolute atomic E-state index is 11.6. The van der Waals surface area contributed by atoms with E-state index in [1.54, 1.807) is 0 Å². The molecule has 0 aliphatic carbocycles. The Morgan fingerprint density at radius 3 is 2.62 bits per heavy atom. The third-order valence-electron chi connectivity index (χ3n) is 6.13. The third kappa shape index (κ3) is 4.92. The fourth-order valence-electron chi connectivity index (χ4n) is 4.17. The lowest BCUT2D eigenvalue weighted by Crippen LogP contribution is -2.49. The smallest absolute Gasteiger partial charge is 0.351 e. The van der Waals surface area contributed by atoms with E-state index in [1.165, 1.54) is 39.0 Å². The summed E-state index contributed by atoms with van der Waals surface area (Å²) in [5.74, 6) is 0.0398. The molecule has 0 radical (unpaired) electrons. The number of anilines is 1. The Kier molecular flexibility index (Phi) is 7.17. The molecule has 0 aromatic heterocycles. The van der Waals surface area contributed by atoms with Crippen LogP contribution < -0.4 is 15.2 Å². The summed E-state index contributed by atoms with van der Waals surface area (Å²) in [5, 5.41) is 9.85. The number of halogens is 1. The number of likely N-dealkylation sites (tertiary alicyclic amines) is 1. The van der Waals surface area contributed by atoms with Crippen molar-refractivity contribution < 1.29 is 19.4 Å². The molecule has 0 bridgehead atoms. The molecule has 1 saturated heterocycles. The lowest BCUT2D eigenvalue weighted by atomic mass is 9.87. The van der Waals surface area contributed by atoms with E-state index in [4.69, 9.17) is 26.8 Å². The molecule has 0 saturated carbocycles. The van der Waals surface area contributed by atoms with Crippen LogP contribution in [0.1, 0.15) is 70.3 Å². The van der Waals surface area contributed by atoms with Gasteiger partial charge < -0.3 is 25.2 Å². The van der Waals surface area contributed by atoms with Crippen LogP contribution in [0.5, 0.6) is 11.5 Å². The van der Waals surface area contributed by atoms with Crippen LogP contribution in [-0.2, 0) is 4.79 Å². The van der Waals surface area contributed by atoms with Gasteiger partial charge >= 0.3 is 5.97 Å².